The lowest BCUT2D eigenvalue weighted by Gasteiger charge is -2.23. The molecule has 0 bridgehead atoms. The Balaban J connectivity index is 1.61. The van der Waals surface area contributed by atoms with Crippen LogP contribution in [0.4, 0.5) is 32.2 Å². The maximum absolute atomic E-state index is 14.7. The van der Waals surface area contributed by atoms with E-state index < -0.39 is 47.5 Å². The first kappa shape index (κ1) is 26.2. The second kappa shape index (κ2) is 9.53. The Morgan fingerprint density at radius 1 is 1.19 bits per heavy atom. The van der Waals surface area contributed by atoms with E-state index in [4.69, 9.17) is 4.74 Å². The summed E-state index contributed by atoms with van der Waals surface area (Å²) in [4.78, 5) is 21.3. The van der Waals surface area contributed by atoms with Gasteiger partial charge in [-0.05, 0) is 32.6 Å². The predicted octanol–water partition coefficient (Wildman–Crippen LogP) is 5.25. The summed E-state index contributed by atoms with van der Waals surface area (Å²) >= 11 is 0. The van der Waals surface area contributed by atoms with E-state index in [9.17, 15) is 31.1 Å². The van der Waals surface area contributed by atoms with Crippen LogP contribution in [0.5, 0.6) is 0 Å². The number of nitrogens with one attached hydrogen (secondary N) is 2. The third-order valence-corrected chi connectivity index (χ3v) is 6.39. The van der Waals surface area contributed by atoms with Gasteiger partial charge in [-0.3, -0.25) is 4.79 Å². The molecule has 196 valence electrons. The van der Waals surface area contributed by atoms with Gasteiger partial charge in [-0.25, -0.2) is 23.1 Å². The maximum Gasteiger partial charge on any atom is 0.411 e. The van der Waals surface area contributed by atoms with E-state index in [2.05, 4.69) is 20.6 Å². The van der Waals surface area contributed by atoms with E-state index in [0.29, 0.717) is 31.9 Å². The summed E-state index contributed by atoms with van der Waals surface area (Å²) in [6.07, 6.45) is -4.60. The van der Waals surface area contributed by atoms with Gasteiger partial charge in [0.05, 0.1) is 23.8 Å². The number of nitrogens with zero attached hydrogens (tertiary/aromatic N) is 2. The zero-order valence-electron chi connectivity index (χ0n) is 19.7. The fraction of sp³-hybridized carbons (Fsp3) is 0.542. The minimum atomic E-state index is -4.55. The molecule has 12 heteroatoms. The number of aryl methyl sites for hydroxylation is 1. The predicted molar refractivity (Wildman–Crippen MR) is 118 cm³/mol. The highest BCUT2D eigenvalue weighted by Gasteiger charge is 2.64. The van der Waals surface area contributed by atoms with E-state index in [1.165, 1.54) is 12.1 Å². The minimum Gasteiger partial charge on any atom is -0.373 e. The summed E-state index contributed by atoms with van der Waals surface area (Å²) < 4.78 is 87.9. The third kappa shape index (κ3) is 5.42. The molecule has 1 aliphatic heterocycles. The van der Waals surface area contributed by atoms with Crippen LogP contribution in [0, 0.1) is 12.7 Å². The number of carbonyl (C=O) groups is 1. The van der Waals surface area contributed by atoms with Gasteiger partial charge in [-0.2, -0.15) is 13.2 Å². The van der Waals surface area contributed by atoms with Gasteiger partial charge >= 0.3 is 6.18 Å². The van der Waals surface area contributed by atoms with Crippen molar-refractivity contribution >= 4 is 11.7 Å². The SMILES string of the molecule is Cc1nc(CC(=O)NC2(C(F)(F)F)CC2)c(C2CCCO2)c(NCc2cccc(C(C)(F)F)c2F)n1. The van der Waals surface area contributed by atoms with Gasteiger partial charge in [-0.1, -0.05) is 18.2 Å². The van der Waals surface area contributed by atoms with Gasteiger partial charge in [0.2, 0.25) is 5.91 Å². The van der Waals surface area contributed by atoms with Crippen LogP contribution in [0.2, 0.25) is 0 Å². The number of alkyl halides is 5. The van der Waals surface area contributed by atoms with E-state index in [-0.39, 0.29) is 42.3 Å². The number of halogens is 6. The van der Waals surface area contributed by atoms with Gasteiger partial charge < -0.3 is 15.4 Å². The molecule has 1 saturated heterocycles. The first-order valence-electron chi connectivity index (χ1n) is 11.6. The fourth-order valence-electron chi connectivity index (χ4n) is 4.35. The Labute approximate surface area is 203 Å². The number of amides is 1. The summed E-state index contributed by atoms with van der Waals surface area (Å²) in [7, 11) is 0. The van der Waals surface area contributed by atoms with Crippen LogP contribution in [-0.2, 0) is 28.4 Å². The zero-order valence-corrected chi connectivity index (χ0v) is 19.7. The molecule has 2 fully saturated rings. The van der Waals surface area contributed by atoms with Crippen molar-refractivity contribution < 1.29 is 35.9 Å². The van der Waals surface area contributed by atoms with Crippen molar-refractivity contribution in [2.75, 3.05) is 11.9 Å². The molecule has 4 rings (SSSR count). The molecule has 0 radical (unpaired) electrons. The number of hydrogen-bond donors (Lipinski definition) is 2. The van der Waals surface area contributed by atoms with E-state index in [1.807, 2.05) is 0 Å². The van der Waals surface area contributed by atoms with Crippen LogP contribution in [0.15, 0.2) is 18.2 Å². The normalized spacial score (nSPS) is 19.3. The number of carbonyl (C=O) groups excluding carboxylic acids is 1. The topological polar surface area (TPSA) is 76.1 Å². The van der Waals surface area contributed by atoms with Gasteiger partial charge in [-0.15, -0.1) is 0 Å². The maximum atomic E-state index is 14.7. The molecule has 2 heterocycles. The molecule has 1 aromatic heterocycles. The second-order valence-corrected chi connectivity index (χ2v) is 9.31. The van der Waals surface area contributed by atoms with Crippen molar-refractivity contribution in [2.45, 2.75) is 76.2 Å². The van der Waals surface area contributed by atoms with Crippen LogP contribution in [-0.4, -0.2) is 34.2 Å². The van der Waals surface area contributed by atoms with E-state index in [1.54, 1.807) is 6.92 Å². The number of anilines is 1. The number of rotatable bonds is 8. The van der Waals surface area contributed by atoms with Crippen molar-refractivity contribution in [3.05, 3.63) is 52.2 Å². The molecule has 1 saturated carbocycles. The quantitative estimate of drug-likeness (QED) is 0.469. The van der Waals surface area contributed by atoms with Crippen LogP contribution in [0.1, 0.15) is 66.9 Å². The van der Waals surface area contributed by atoms with E-state index >= 15 is 0 Å². The van der Waals surface area contributed by atoms with Crippen molar-refractivity contribution in [1.29, 1.82) is 0 Å². The van der Waals surface area contributed by atoms with Crippen LogP contribution in [0.3, 0.4) is 0 Å². The molecule has 2 aliphatic rings. The van der Waals surface area contributed by atoms with Gasteiger partial charge in [0, 0.05) is 31.2 Å². The molecular formula is C24H26F6N4O2. The molecular weight excluding hydrogens is 490 g/mol. The monoisotopic (exact) mass is 516 g/mol. The molecule has 2 N–H and O–H groups in total. The minimum absolute atomic E-state index is 0.0243. The Hall–Kier alpha value is -2.89. The lowest BCUT2D eigenvalue weighted by atomic mass is 10.0. The van der Waals surface area contributed by atoms with Crippen molar-refractivity contribution in [3.8, 4) is 0 Å². The average molecular weight is 516 g/mol. The molecule has 1 amide bonds. The van der Waals surface area contributed by atoms with Crippen LogP contribution in [0.25, 0.3) is 0 Å². The lowest BCUT2D eigenvalue weighted by molar-refractivity contribution is -0.170. The number of benzene rings is 1. The largest absolute Gasteiger partial charge is 0.411 e. The summed E-state index contributed by atoms with van der Waals surface area (Å²) in [5, 5.41) is 5.03. The standard InChI is InChI=1S/C24H26F6N4O2/c1-13-32-16(11-18(35)34-23(8-9-23)24(28,29)30)19(17-7-4-10-36-17)21(33-13)31-12-14-5-3-6-15(20(14)25)22(2,26)27/h3,5-6,17H,4,7-12H2,1-2H3,(H,34,35)(H,31,32,33). The first-order chi connectivity index (χ1) is 16.8. The van der Waals surface area contributed by atoms with Crippen molar-refractivity contribution in [2.24, 2.45) is 0 Å². The molecule has 6 nitrogen and oxygen atoms in total. The fourth-order valence-corrected chi connectivity index (χ4v) is 4.35. The Bertz CT molecular complexity index is 1140. The summed E-state index contributed by atoms with van der Waals surface area (Å²) in [6.45, 7) is 2.38. The van der Waals surface area contributed by atoms with Crippen molar-refractivity contribution in [1.82, 2.24) is 15.3 Å². The Morgan fingerprint density at radius 2 is 1.92 bits per heavy atom. The average Bonchev–Trinajstić information content (AvgIpc) is 3.35. The molecule has 1 atom stereocenters. The molecule has 1 aliphatic carbocycles. The smallest absolute Gasteiger partial charge is 0.373 e. The molecule has 0 spiro atoms. The number of ether oxygens (including phenoxy) is 1. The molecule has 2 aromatic rings. The Morgan fingerprint density at radius 3 is 2.50 bits per heavy atom. The Kier molecular flexibility index (Phi) is 6.93. The van der Waals surface area contributed by atoms with Gasteiger partial charge in [0.15, 0.2) is 0 Å². The third-order valence-electron chi connectivity index (χ3n) is 6.39. The van der Waals surface area contributed by atoms with Crippen LogP contribution < -0.4 is 10.6 Å². The number of aromatic nitrogens is 2. The highest BCUT2D eigenvalue weighted by molar-refractivity contribution is 5.80. The van der Waals surface area contributed by atoms with Gasteiger partial charge in [0.1, 0.15) is 23.0 Å². The zero-order chi connectivity index (χ0) is 26.3. The van der Waals surface area contributed by atoms with Crippen molar-refractivity contribution in [3.63, 3.8) is 0 Å². The summed E-state index contributed by atoms with van der Waals surface area (Å²) in [6, 6.07) is 3.69. The molecule has 1 aromatic carbocycles. The highest BCUT2D eigenvalue weighted by Crippen LogP contribution is 2.49. The van der Waals surface area contributed by atoms with Gasteiger partial charge in [0.25, 0.3) is 5.92 Å². The molecule has 1 unspecified atom stereocenters. The second-order valence-electron chi connectivity index (χ2n) is 9.31. The number of hydrogen-bond acceptors (Lipinski definition) is 5. The van der Waals surface area contributed by atoms with E-state index in [0.717, 1.165) is 6.07 Å². The first-order valence-corrected chi connectivity index (χ1v) is 11.6. The van der Waals surface area contributed by atoms with Crippen LogP contribution >= 0.6 is 0 Å². The molecule has 36 heavy (non-hydrogen) atoms. The lowest BCUT2D eigenvalue weighted by Crippen LogP contribution is -2.48. The summed E-state index contributed by atoms with van der Waals surface area (Å²) in [5.41, 5.74) is -2.38. The highest BCUT2D eigenvalue weighted by atomic mass is 19.4. The summed E-state index contributed by atoms with van der Waals surface area (Å²) in [5.74, 6) is -4.82.